The van der Waals surface area contributed by atoms with Crippen LogP contribution in [-0.4, -0.2) is 36.9 Å². The highest BCUT2D eigenvalue weighted by Crippen LogP contribution is 2.30. The van der Waals surface area contributed by atoms with Gasteiger partial charge in [-0.25, -0.2) is 8.42 Å². The molecule has 0 bridgehead atoms. The first kappa shape index (κ1) is 16.7. The fourth-order valence-electron chi connectivity index (χ4n) is 2.48. The van der Waals surface area contributed by atoms with E-state index in [2.05, 4.69) is 15.9 Å². The Labute approximate surface area is 137 Å². The van der Waals surface area contributed by atoms with Crippen molar-refractivity contribution >= 4 is 43.5 Å². The number of rotatable bonds is 4. The van der Waals surface area contributed by atoms with Crippen LogP contribution in [0.2, 0.25) is 5.02 Å². The number of halogens is 2. The van der Waals surface area contributed by atoms with Crippen molar-refractivity contribution in [3.8, 4) is 0 Å². The van der Waals surface area contributed by atoms with Crippen LogP contribution in [0.5, 0.6) is 0 Å². The average Bonchev–Trinajstić information content (AvgIpc) is 2.37. The van der Waals surface area contributed by atoms with Crippen molar-refractivity contribution in [1.29, 1.82) is 0 Å². The summed E-state index contributed by atoms with van der Waals surface area (Å²) in [5, 5.41) is 9.01. The zero-order valence-electron chi connectivity index (χ0n) is 11.1. The zero-order chi connectivity index (χ0) is 15.6. The predicted octanol–water partition coefficient (Wildman–Crippen LogP) is 2.98. The minimum Gasteiger partial charge on any atom is -0.481 e. The van der Waals surface area contributed by atoms with E-state index in [4.69, 9.17) is 16.7 Å². The molecule has 116 valence electrons. The Hall–Kier alpha value is -0.630. The first-order valence-corrected chi connectivity index (χ1v) is 9.09. The van der Waals surface area contributed by atoms with Crippen molar-refractivity contribution in [1.82, 2.24) is 4.31 Å². The van der Waals surface area contributed by atoms with Gasteiger partial charge in [0, 0.05) is 24.0 Å². The Bertz CT molecular complexity index is 650. The van der Waals surface area contributed by atoms with Crippen LogP contribution in [-0.2, 0) is 14.8 Å². The first-order valence-electron chi connectivity index (χ1n) is 6.47. The molecule has 0 saturated carbocycles. The monoisotopic (exact) mass is 395 g/mol. The van der Waals surface area contributed by atoms with E-state index in [1.54, 1.807) is 6.07 Å². The van der Waals surface area contributed by atoms with Gasteiger partial charge in [0.15, 0.2) is 0 Å². The van der Waals surface area contributed by atoms with Crippen molar-refractivity contribution in [3.63, 3.8) is 0 Å². The van der Waals surface area contributed by atoms with Gasteiger partial charge in [-0.15, -0.1) is 0 Å². The van der Waals surface area contributed by atoms with Crippen molar-refractivity contribution in [2.24, 2.45) is 5.92 Å². The number of hydrogen-bond donors (Lipinski definition) is 1. The number of carboxylic acids is 1. The Morgan fingerprint density at radius 2 is 2.19 bits per heavy atom. The van der Waals surface area contributed by atoms with Gasteiger partial charge in [0.2, 0.25) is 10.0 Å². The minimum atomic E-state index is -3.69. The summed E-state index contributed by atoms with van der Waals surface area (Å²) in [5.74, 6) is -1.05. The molecule has 2 rings (SSSR count). The summed E-state index contributed by atoms with van der Waals surface area (Å²) in [6.07, 6.45) is 1.37. The molecule has 1 aromatic carbocycles. The molecule has 1 atom stereocenters. The predicted molar refractivity (Wildman–Crippen MR) is 82.9 cm³/mol. The lowest BCUT2D eigenvalue weighted by molar-refractivity contribution is -0.138. The highest BCUT2D eigenvalue weighted by Gasteiger charge is 2.32. The van der Waals surface area contributed by atoms with Gasteiger partial charge in [-0.05, 0) is 37.0 Å². The standard InChI is InChI=1S/C13H15BrClNO4S/c14-10-3-4-12(11(15)7-10)21(19,20)16-5-1-2-9(8-16)6-13(17)18/h3-4,7,9H,1-2,5-6,8H2,(H,17,18). The van der Waals surface area contributed by atoms with E-state index in [-0.39, 0.29) is 28.8 Å². The van der Waals surface area contributed by atoms with Crippen LogP contribution >= 0.6 is 27.5 Å². The number of hydrogen-bond acceptors (Lipinski definition) is 3. The van der Waals surface area contributed by atoms with E-state index in [9.17, 15) is 13.2 Å². The lowest BCUT2D eigenvalue weighted by Gasteiger charge is -2.31. The smallest absolute Gasteiger partial charge is 0.303 e. The topological polar surface area (TPSA) is 74.7 Å². The second-order valence-electron chi connectivity index (χ2n) is 5.04. The Kier molecular flexibility index (Phi) is 5.29. The maximum atomic E-state index is 12.6. The second-order valence-corrected chi connectivity index (χ2v) is 8.27. The van der Waals surface area contributed by atoms with Crippen molar-refractivity contribution < 1.29 is 18.3 Å². The van der Waals surface area contributed by atoms with Gasteiger partial charge >= 0.3 is 5.97 Å². The number of carbonyl (C=O) groups is 1. The summed E-state index contributed by atoms with van der Waals surface area (Å²) in [7, 11) is -3.69. The zero-order valence-corrected chi connectivity index (χ0v) is 14.3. The van der Waals surface area contributed by atoms with Gasteiger partial charge in [-0.1, -0.05) is 27.5 Å². The summed E-state index contributed by atoms with van der Waals surface area (Å²) >= 11 is 9.26. The van der Waals surface area contributed by atoms with E-state index in [0.717, 1.165) is 6.42 Å². The molecule has 0 aromatic heterocycles. The quantitative estimate of drug-likeness (QED) is 0.849. The third kappa shape index (κ3) is 3.97. The number of nitrogens with zero attached hydrogens (tertiary/aromatic N) is 1. The van der Waals surface area contributed by atoms with Crippen LogP contribution in [0, 0.1) is 5.92 Å². The lowest BCUT2D eigenvalue weighted by Crippen LogP contribution is -2.40. The molecule has 0 radical (unpaired) electrons. The fraction of sp³-hybridized carbons (Fsp3) is 0.462. The van der Waals surface area contributed by atoms with E-state index in [1.165, 1.54) is 16.4 Å². The van der Waals surface area contributed by atoms with Gasteiger partial charge in [-0.3, -0.25) is 4.79 Å². The van der Waals surface area contributed by atoms with Crippen molar-refractivity contribution in [3.05, 3.63) is 27.7 Å². The summed E-state index contributed by atoms with van der Waals surface area (Å²) in [6.45, 7) is 0.617. The molecular weight excluding hydrogens is 382 g/mol. The molecule has 21 heavy (non-hydrogen) atoms. The van der Waals surface area contributed by atoms with Crippen LogP contribution < -0.4 is 0 Å². The highest BCUT2D eigenvalue weighted by molar-refractivity contribution is 9.10. The van der Waals surface area contributed by atoms with Crippen LogP contribution in [0.3, 0.4) is 0 Å². The molecule has 1 unspecified atom stereocenters. The normalized spacial score (nSPS) is 20.4. The van der Waals surface area contributed by atoms with Gasteiger partial charge in [0.05, 0.1) is 5.02 Å². The van der Waals surface area contributed by atoms with Crippen molar-refractivity contribution in [2.75, 3.05) is 13.1 Å². The van der Waals surface area contributed by atoms with E-state index in [1.807, 2.05) is 0 Å². The van der Waals surface area contributed by atoms with Gasteiger partial charge in [-0.2, -0.15) is 4.31 Å². The van der Waals surface area contributed by atoms with Crippen molar-refractivity contribution in [2.45, 2.75) is 24.2 Å². The summed E-state index contributed by atoms with van der Waals surface area (Å²) in [6, 6.07) is 4.62. The molecule has 0 spiro atoms. The molecule has 0 amide bonds. The Balaban J connectivity index is 2.24. The SMILES string of the molecule is O=C(O)CC1CCCN(S(=O)(=O)c2ccc(Br)cc2Cl)C1. The third-order valence-electron chi connectivity index (χ3n) is 3.46. The van der Waals surface area contributed by atoms with E-state index < -0.39 is 16.0 Å². The van der Waals surface area contributed by atoms with E-state index >= 15 is 0 Å². The maximum absolute atomic E-state index is 12.6. The lowest BCUT2D eigenvalue weighted by atomic mass is 9.96. The molecule has 0 aliphatic carbocycles. The molecule has 1 aliphatic heterocycles. The number of sulfonamides is 1. The number of piperidine rings is 1. The highest BCUT2D eigenvalue weighted by atomic mass is 79.9. The van der Waals surface area contributed by atoms with Crippen LogP contribution in [0.15, 0.2) is 27.6 Å². The molecular formula is C13H15BrClNO4S. The molecule has 1 saturated heterocycles. The van der Waals surface area contributed by atoms with Crippen LogP contribution in [0.4, 0.5) is 0 Å². The fourth-order valence-corrected chi connectivity index (χ4v) is 5.05. The number of carboxylic acid groups (broad SMARTS) is 1. The molecule has 1 heterocycles. The Morgan fingerprint density at radius 3 is 2.81 bits per heavy atom. The van der Waals surface area contributed by atoms with Gasteiger partial charge in [0.1, 0.15) is 4.90 Å². The first-order chi connectivity index (χ1) is 9.80. The second kappa shape index (κ2) is 6.64. The molecule has 1 aliphatic rings. The van der Waals surface area contributed by atoms with Crippen LogP contribution in [0.25, 0.3) is 0 Å². The third-order valence-corrected chi connectivity index (χ3v) is 6.30. The summed E-state index contributed by atoms with van der Waals surface area (Å²) < 4.78 is 27.3. The minimum absolute atomic E-state index is 0.0138. The number of benzene rings is 1. The number of aliphatic carboxylic acids is 1. The molecule has 1 fully saturated rings. The van der Waals surface area contributed by atoms with Gasteiger partial charge < -0.3 is 5.11 Å². The molecule has 5 nitrogen and oxygen atoms in total. The summed E-state index contributed by atoms with van der Waals surface area (Å²) in [5.41, 5.74) is 0. The average molecular weight is 397 g/mol. The maximum Gasteiger partial charge on any atom is 0.303 e. The molecule has 1 aromatic rings. The van der Waals surface area contributed by atoms with Gasteiger partial charge in [0.25, 0.3) is 0 Å². The molecule has 1 N–H and O–H groups in total. The Morgan fingerprint density at radius 1 is 1.48 bits per heavy atom. The largest absolute Gasteiger partial charge is 0.481 e. The molecule has 8 heteroatoms. The van der Waals surface area contributed by atoms with E-state index in [0.29, 0.717) is 17.4 Å². The van der Waals surface area contributed by atoms with Crippen LogP contribution in [0.1, 0.15) is 19.3 Å². The summed E-state index contributed by atoms with van der Waals surface area (Å²) in [4.78, 5) is 10.8.